The van der Waals surface area contributed by atoms with Crippen molar-refractivity contribution in [2.75, 3.05) is 32.8 Å². The molecule has 0 unspecified atom stereocenters. The van der Waals surface area contributed by atoms with Crippen molar-refractivity contribution in [3.8, 4) is 0 Å². The Kier molecular flexibility index (Phi) is 7.82. The van der Waals surface area contributed by atoms with Gasteiger partial charge in [-0.2, -0.15) is 0 Å². The fourth-order valence-electron chi connectivity index (χ4n) is 3.07. The molecular formula is C17H29N3O2S. The smallest absolute Gasteiger partial charge is 0.243 e. The molecule has 1 aliphatic heterocycles. The summed E-state index contributed by atoms with van der Waals surface area (Å²) >= 11 is 5.48. The van der Waals surface area contributed by atoms with Gasteiger partial charge in [0.25, 0.3) is 0 Å². The quantitative estimate of drug-likeness (QED) is 0.439. The maximum Gasteiger partial charge on any atom is 0.243 e. The van der Waals surface area contributed by atoms with Gasteiger partial charge in [-0.3, -0.25) is 14.8 Å². The molecule has 0 saturated carbocycles. The van der Waals surface area contributed by atoms with Crippen LogP contribution in [-0.4, -0.2) is 53.9 Å². The lowest BCUT2D eigenvalue weighted by atomic mass is 9.97. The van der Waals surface area contributed by atoms with E-state index in [1.54, 1.807) is 5.01 Å². The van der Waals surface area contributed by atoms with Gasteiger partial charge in [-0.1, -0.05) is 11.6 Å². The first-order valence-electron chi connectivity index (χ1n) is 8.83. The summed E-state index contributed by atoms with van der Waals surface area (Å²) in [7, 11) is 0. The second kappa shape index (κ2) is 9.88. The zero-order valence-corrected chi connectivity index (χ0v) is 15.0. The normalized spacial score (nSPS) is 18.0. The summed E-state index contributed by atoms with van der Waals surface area (Å²) in [5.41, 5.74) is 1.54. The molecule has 1 fully saturated rings. The Hall–Kier alpha value is -1.14. The largest absolute Gasteiger partial charge is 0.381 e. The van der Waals surface area contributed by atoms with Crippen molar-refractivity contribution in [3.05, 3.63) is 11.6 Å². The Bertz CT molecular complexity index is 440. The van der Waals surface area contributed by atoms with Crippen LogP contribution in [0.3, 0.4) is 0 Å². The van der Waals surface area contributed by atoms with E-state index in [0.29, 0.717) is 24.7 Å². The number of hydrogen-bond donors (Lipinski definition) is 1. The number of amides is 1. The second-order valence-corrected chi connectivity index (χ2v) is 6.42. The maximum atomic E-state index is 12.3. The summed E-state index contributed by atoms with van der Waals surface area (Å²) in [6, 6.07) is 0. The Labute approximate surface area is 145 Å². The minimum Gasteiger partial charge on any atom is -0.381 e. The zero-order valence-electron chi connectivity index (χ0n) is 14.2. The average molecular weight is 340 g/mol. The number of carbonyl (C=O) groups is 1. The number of hydrazine groups is 1. The van der Waals surface area contributed by atoms with Crippen LogP contribution in [0, 0.1) is 0 Å². The van der Waals surface area contributed by atoms with Gasteiger partial charge in [0.05, 0.1) is 13.0 Å². The highest BCUT2D eigenvalue weighted by Crippen LogP contribution is 2.19. The van der Waals surface area contributed by atoms with Crippen LogP contribution in [0.4, 0.5) is 0 Å². The van der Waals surface area contributed by atoms with E-state index in [1.165, 1.54) is 31.3 Å². The van der Waals surface area contributed by atoms with E-state index in [-0.39, 0.29) is 5.91 Å². The molecule has 0 aromatic rings. The highest BCUT2D eigenvalue weighted by molar-refractivity contribution is 7.80. The standard InChI is InChI=1S/C17H29N3O2S/c1-2-22-14-10-16(21)19-12-6-13-20(19)17(23)18-11-9-15-7-4-3-5-8-15/h7H,2-6,8-14H2,1H3,(H,18,23). The molecule has 0 aromatic carbocycles. The number of thiocarbonyl (C=S) groups is 1. The monoisotopic (exact) mass is 339 g/mol. The molecule has 1 N–H and O–H groups in total. The van der Waals surface area contributed by atoms with Gasteiger partial charge in [0, 0.05) is 26.2 Å². The molecule has 1 heterocycles. The van der Waals surface area contributed by atoms with Crippen LogP contribution in [-0.2, 0) is 9.53 Å². The van der Waals surface area contributed by atoms with E-state index < -0.39 is 0 Å². The van der Waals surface area contributed by atoms with Crippen molar-refractivity contribution in [2.24, 2.45) is 0 Å². The SMILES string of the molecule is CCOCCC(=O)N1CCCN1C(=S)NCCC1=CCCCC1. The highest BCUT2D eigenvalue weighted by Gasteiger charge is 2.28. The Morgan fingerprint density at radius 2 is 2.13 bits per heavy atom. The van der Waals surface area contributed by atoms with Crippen molar-refractivity contribution in [1.82, 2.24) is 15.3 Å². The van der Waals surface area contributed by atoms with E-state index >= 15 is 0 Å². The van der Waals surface area contributed by atoms with Crippen LogP contribution >= 0.6 is 12.2 Å². The van der Waals surface area contributed by atoms with Crippen LogP contribution in [0.5, 0.6) is 0 Å². The zero-order chi connectivity index (χ0) is 16.5. The molecule has 1 aliphatic carbocycles. The molecule has 1 amide bonds. The average Bonchev–Trinajstić information content (AvgIpc) is 3.06. The lowest BCUT2D eigenvalue weighted by molar-refractivity contribution is -0.140. The van der Waals surface area contributed by atoms with Crippen LogP contribution in [0.2, 0.25) is 0 Å². The summed E-state index contributed by atoms with van der Waals surface area (Å²) in [5.74, 6) is 0.0927. The van der Waals surface area contributed by atoms with Gasteiger partial charge < -0.3 is 10.1 Å². The van der Waals surface area contributed by atoms with Crippen molar-refractivity contribution < 1.29 is 9.53 Å². The number of ether oxygens (including phenoxy) is 1. The van der Waals surface area contributed by atoms with Crippen LogP contribution < -0.4 is 5.32 Å². The van der Waals surface area contributed by atoms with E-state index in [0.717, 1.165) is 32.5 Å². The number of nitrogens with zero attached hydrogens (tertiary/aromatic N) is 2. The third-order valence-corrected chi connectivity index (χ3v) is 4.68. The van der Waals surface area contributed by atoms with Crippen molar-refractivity contribution >= 4 is 23.2 Å². The third-order valence-electron chi connectivity index (χ3n) is 4.33. The number of hydrogen-bond acceptors (Lipinski definition) is 3. The van der Waals surface area contributed by atoms with Gasteiger partial charge in [-0.15, -0.1) is 0 Å². The van der Waals surface area contributed by atoms with E-state index in [4.69, 9.17) is 17.0 Å². The minimum atomic E-state index is 0.0927. The van der Waals surface area contributed by atoms with Gasteiger partial charge in [0.1, 0.15) is 0 Å². The first-order valence-corrected chi connectivity index (χ1v) is 9.24. The molecule has 2 rings (SSSR count). The summed E-state index contributed by atoms with van der Waals surface area (Å²) in [6.07, 6.45) is 9.87. The molecule has 0 spiro atoms. The summed E-state index contributed by atoms with van der Waals surface area (Å²) in [6.45, 7) is 5.48. The van der Waals surface area contributed by atoms with Crippen LogP contribution in [0.25, 0.3) is 0 Å². The van der Waals surface area contributed by atoms with Gasteiger partial charge in [-0.25, -0.2) is 0 Å². The Morgan fingerprint density at radius 3 is 2.87 bits per heavy atom. The van der Waals surface area contributed by atoms with Gasteiger partial charge in [0.2, 0.25) is 5.91 Å². The lowest BCUT2D eigenvalue weighted by Crippen LogP contribution is -2.49. The maximum absolute atomic E-state index is 12.3. The van der Waals surface area contributed by atoms with Crippen LogP contribution in [0.15, 0.2) is 11.6 Å². The lowest BCUT2D eigenvalue weighted by Gasteiger charge is -2.30. The van der Waals surface area contributed by atoms with E-state index in [1.807, 2.05) is 11.9 Å². The Morgan fingerprint density at radius 1 is 1.30 bits per heavy atom. The molecule has 0 aromatic heterocycles. The first-order chi connectivity index (χ1) is 11.2. The number of carbonyl (C=O) groups excluding carboxylic acids is 1. The molecule has 0 atom stereocenters. The predicted octanol–water partition coefficient (Wildman–Crippen LogP) is 2.63. The van der Waals surface area contributed by atoms with Crippen molar-refractivity contribution in [1.29, 1.82) is 0 Å². The highest BCUT2D eigenvalue weighted by atomic mass is 32.1. The Balaban J connectivity index is 1.73. The molecule has 23 heavy (non-hydrogen) atoms. The first kappa shape index (κ1) is 18.2. The van der Waals surface area contributed by atoms with Gasteiger partial charge in [-0.05, 0) is 57.7 Å². The molecule has 0 bridgehead atoms. The predicted molar refractivity (Wildman–Crippen MR) is 95.9 cm³/mol. The summed E-state index contributed by atoms with van der Waals surface area (Å²) < 4.78 is 5.27. The number of allylic oxidation sites excluding steroid dienone is 1. The fraction of sp³-hybridized carbons (Fsp3) is 0.765. The van der Waals surface area contributed by atoms with Gasteiger partial charge >= 0.3 is 0 Å². The number of rotatable bonds is 7. The van der Waals surface area contributed by atoms with Crippen molar-refractivity contribution in [3.63, 3.8) is 0 Å². The fourth-order valence-corrected chi connectivity index (χ4v) is 3.36. The summed E-state index contributed by atoms with van der Waals surface area (Å²) in [5, 5.41) is 7.67. The molecular weight excluding hydrogens is 310 g/mol. The second-order valence-electron chi connectivity index (χ2n) is 6.03. The molecule has 6 heteroatoms. The van der Waals surface area contributed by atoms with Crippen molar-refractivity contribution in [2.45, 2.75) is 51.9 Å². The molecule has 5 nitrogen and oxygen atoms in total. The third kappa shape index (κ3) is 5.77. The van der Waals surface area contributed by atoms with Gasteiger partial charge in [0.15, 0.2) is 5.11 Å². The molecule has 2 aliphatic rings. The molecule has 0 radical (unpaired) electrons. The topological polar surface area (TPSA) is 44.8 Å². The minimum absolute atomic E-state index is 0.0927. The number of nitrogens with one attached hydrogen (secondary N) is 1. The molecule has 1 saturated heterocycles. The summed E-state index contributed by atoms with van der Waals surface area (Å²) in [4.78, 5) is 12.3. The van der Waals surface area contributed by atoms with E-state index in [2.05, 4.69) is 11.4 Å². The van der Waals surface area contributed by atoms with E-state index in [9.17, 15) is 4.79 Å². The van der Waals surface area contributed by atoms with Crippen LogP contribution in [0.1, 0.15) is 51.9 Å². The molecule has 130 valence electrons.